The number of hydrogen-bond acceptors (Lipinski definition) is 2. The van der Waals surface area contributed by atoms with Gasteiger partial charge >= 0.3 is 0 Å². The smallest absolute Gasteiger partial charge is 0 e. The zero-order valence-corrected chi connectivity index (χ0v) is 17.5. The van der Waals surface area contributed by atoms with Crippen LogP contribution in [0.15, 0.2) is 0 Å². The van der Waals surface area contributed by atoms with Crippen molar-refractivity contribution in [1.29, 1.82) is 0 Å². The molecule has 2 nitrogen and oxygen atoms in total. The van der Waals surface area contributed by atoms with E-state index in [4.69, 9.17) is 0 Å². The van der Waals surface area contributed by atoms with Crippen molar-refractivity contribution in [3.05, 3.63) is 13.8 Å². The molecule has 0 aromatic carbocycles. The quantitative estimate of drug-likeness (QED) is 0.737. The molecular weight excluding hydrogens is 309 g/mol. The molecule has 0 saturated heterocycles. The van der Waals surface area contributed by atoms with E-state index in [2.05, 4.69) is 31.7 Å². The second kappa shape index (κ2) is 31.4. The van der Waals surface area contributed by atoms with Crippen LogP contribution in [0.4, 0.5) is 0 Å². The maximum atomic E-state index is 4.50. The molecule has 0 aromatic rings. The summed E-state index contributed by atoms with van der Waals surface area (Å²) in [5.74, 6) is 1.97. The Morgan fingerprint density at radius 3 is 1.74 bits per heavy atom. The first-order valence-electron chi connectivity index (χ1n) is 7.35. The van der Waals surface area contributed by atoms with Gasteiger partial charge < -0.3 is 25.3 Å². The Hall–Kier alpha value is 1.02. The summed E-state index contributed by atoms with van der Waals surface area (Å²) in [6, 6.07) is 0. The van der Waals surface area contributed by atoms with Gasteiger partial charge in [-0.1, -0.05) is 59.8 Å². The summed E-state index contributed by atoms with van der Waals surface area (Å²) in [6.07, 6.45) is 11.1. The van der Waals surface area contributed by atoms with Gasteiger partial charge in [0.25, 0.3) is 0 Å². The Morgan fingerprint density at radius 2 is 1.47 bits per heavy atom. The van der Waals surface area contributed by atoms with Gasteiger partial charge in [-0.3, -0.25) is 0 Å². The molecule has 1 aliphatic carbocycles. The molecule has 1 radical (unpaired) electrons. The van der Waals surface area contributed by atoms with Crippen molar-refractivity contribution in [3.8, 4) is 0 Å². The fourth-order valence-electron chi connectivity index (χ4n) is 2.12. The molecule has 3 heteroatoms. The standard InChI is InChI=1S/C11H21.C2H6.2CH5N.CH3.Y/c1-3-10(4-2)9-11-7-5-6-8-11;3*1-2;;/h7,10-11H,3-6,8-9H2,1-2H3;1-2H3;2*2H2,1H3;1H3;/q-1;;;;-1;. The minimum atomic E-state index is 0. The molecule has 0 amide bonds. The van der Waals surface area contributed by atoms with Gasteiger partial charge in [-0.2, -0.15) is 12.3 Å². The molecule has 1 saturated carbocycles. The summed E-state index contributed by atoms with van der Waals surface area (Å²) in [7, 11) is 3.00. The third kappa shape index (κ3) is 21.5. The van der Waals surface area contributed by atoms with Crippen LogP contribution in [0.2, 0.25) is 0 Å². The van der Waals surface area contributed by atoms with Crippen LogP contribution in [0.25, 0.3) is 0 Å². The van der Waals surface area contributed by atoms with Crippen molar-refractivity contribution < 1.29 is 32.7 Å². The van der Waals surface area contributed by atoms with Crippen LogP contribution in [-0.4, -0.2) is 14.1 Å². The monoisotopic (exact) mass is 349 g/mol. The van der Waals surface area contributed by atoms with Crippen LogP contribution in [0.3, 0.4) is 0 Å². The summed E-state index contributed by atoms with van der Waals surface area (Å²) in [5, 5.41) is 0. The van der Waals surface area contributed by atoms with E-state index in [1.165, 1.54) is 52.6 Å². The van der Waals surface area contributed by atoms with Crippen LogP contribution in [0.5, 0.6) is 0 Å². The molecule has 1 fully saturated rings. The van der Waals surface area contributed by atoms with Crippen molar-refractivity contribution in [2.75, 3.05) is 14.1 Å². The van der Waals surface area contributed by atoms with Crippen LogP contribution >= 0.6 is 0 Å². The summed E-state index contributed by atoms with van der Waals surface area (Å²) >= 11 is 0. The Labute approximate surface area is 149 Å². The Morgan fingerprint density at radius 1 is 1.05 bits per heavy atom. The van der Waals surface area contributed by atoms with Gasteiger partial charge in [-0.05, 0) is 20.0 Å². The number of hydrogen-bond donors (Lipinski definition) is 2. The third-order valence-corrected chi connectivity index (χ3v) is 3.07. The Bertz CT molecular complexity index is 101. The molecule has 19 heavy (non-hydrogen) atoms. The maximum absolute atomic E-state index is 4.50. The largest absolute Gasteiger partial charge is 0.358 e. The van der Waals surface area contributed by atoms with E-state index in [1.54, 1.807) is 0 Å². The first-order valence-corrected chi connectivity index (χ1v) is 7.35. The van der Waals surface area contributed by atoms with Crippen LogP contribution in [0, 0.1) is 25.7 Å². The van der Waals surface area contributed by atoms with Crippen LogP contribution < -0.4 is 11.5 Å². The van der Waals surface area contributed by atoms with Crippen molar-refractivity contribution in [3.63, 3.8) is 0 Å². The molecule has 4 N–H and O–H groups in total. The predicted octanol–water partition coefficient (Wildman–Crippen LogP) is 4.44. The molecule has 0 heterocycles. The zero-order chi connectivity index (χ0) is 14.1. The molecule has 119 valence electrons. The Kier molecular flexibility index (Phi) is 53.1. The summed E-state index contributed by atoms with van der Waals surface area (Å²) in [5.41, 5.74) is 9.00. The zero-order valence-electron chi connectivity index (χ0n) is 14.7. The first-order chi connectivity index (χ1) is 8.36. The minimum absolute atomic E-state index is 0. The topological polar surface area (TPSA) is 52.0 Å². The van der Waals surface area contributed by atoms with E-state index in [-0.39, 0.29) is 40.1 Å². The van der Waals surface area contributed by atoms with Gasteiger partial charge in [-0.15, -0.1) is 0 Å². The first kappa shape index (κ1) is 32.1. The molecule has 0 spiro atoms. The molecule has 0 aromatic heterocycles. The molecule has 1 atom stereocenters. The minimum Gasteiger partial charge on any atom is -0.358 e. The number of rotatable bonds is 4. The van der Waals surface area contributed by atoms with Gasteiger partial charge in [0.1, 0.15) is 0 Å². The molecule has 1 rings (SSSR count). The Balaban J connectivity index is -0.0000000724. The van der Waals surface area contributed by atoms with Crippen molar-refractivity contribution in [2.45, 2.75) is 66.2 Å². The van der Waals surface area contributed by atoms with Crippen LogP contribution in [0.1, 0.15) is 66.2 Å². The van der Waals surface area contributed by atoms with E-state index >= 15 is 0 Å². The van der Waals surface area contributed by atoms with Crippen molar-refractivity contribution in [1.82, 2.24) is 0 Å². The third-order valence-electron chi connectivity index (χ3n) is 3.07. The summed E-state index contributed by atoms with van der Waals surface area (Å²) in [6.45, 7) is 8.65. The average Bonchev–Trinajstić information content (AvgIpc) is 2.96. The average molecular weight is 349 g/mol. The fourth-order valence-corrected chi connectivity index (χ4v) is 2.12. The summed E-state index contributed by atoms with van der Waals surface area (Å²) in [4.78, 5) is 0. The normalized spacial score (nSPS) is 15.3. The molecule has 0 bridgehead atoms. The van der Waals surface area contributed by atoms with Gasteiger partial charge in [0.2, 0.25) is 0 Å². The van der Waals surface area contributed by atoms with E-state index in [0.717, 1.165) is 11.8 Å². The molecule has 1 unspecified atom stereocenters. The van der Waals surface area contributed by atoms with E-state index < -0.39 is 0 Å². The van der Waals surface area contributed by atoms with E-state index in [0.29, 0.717) is 0 Å². The van der Waals surface area contributed by atoms with Gasteiger partial charge in [0.15, 0.2) is 0 Å². The number of nitrogens with two attached hydrogens (primary N) is 2. The SMILES string of the molecule is CC.CCC(CC)CC1[CH-]CCC1.CN.CN.[CH3-].[Y]. The second-order valence-corrected chi connectivity index (χ2v) is 3.84. The predicted molar refractivity (Wildman–Crippen MR) is 88.3 cm³/mol. The van der Waals surface area contributed by atoms with Crippen molar-refractivity contribution in [2.24, 2.45) is 23.3 Å². The maximum Gasteiger partial charge on any atom is 0 e. The second-order valence-electron chi connectivity index (χ2n) is 3.84. The summed E-state index contributed by atoms with van der Waals surface area (Å²) < 4.78 is 0. The molecule has 1 aliphatic rings. The van der Waals surface area contributed by atoms with E-state index in [1.807, 2.05) is 13.8 Å². The van der Waals surface area contributed by atoms with E-state index in [9.17, 15) is 0 Å². The van der Waals surface area contributed by atoms with Crippen LogP contribution in [-0.2, 0) is 32.7 Å². The van der Waals surface area contributed by atoms with Crippen molar-refractivity contribution >= 4 is 0 Å². The van der Waals surface area contributed by atoms with Gasteiger partial charge in [0.05, 0.1) is 0 Å². The molecular formula is C16H40N2Y-2. The van der Waals surface area contributed by atoms with Gasteiger partial charge in [-0.25, -0.2) is 0 Å². The fraction of sp³-hybridized carbons (Fsp3) is 0.875. The van der Waals surface area contributed by atoms with Gasteiger partial charge in [0, 0.05) is 32.7 Å². The molecule has 0 aliphatic heterocycles.